The van der Waals surface area contributed by atoms with Crippen LogP contribution < -0.4 is 10.6 Å². The van der Waals surface area contributed by atoms with E-state index in [0.29, 0.717) is 0 Å². The minimum absolute atomic E-state index is 0.0338. The molecule has 0 fully saturated rings. The molecule has 0 saturated carbocycles. The monoisotopic (exact) mass is 262 g/mol. The quantitative estimate of drug-likeness (QED) is 0.876. The molecule has 3 nitrogen and oxygen atoms in total. The lowest BCUT2D eigenvalue weighted by Gasteiger charge is -2.25. The van der Waals surface area contributed by atoms with Gasteiger partial charge in [-0.15, -0.1) is 0 Å². The van der Waals surface area contributed by atoms with Crippen LogP contribution in [0.1, 0.15) is 51.8 Å². The second-order valence-electron chi connectivity index (χ2n) is 6.26. The zero-order chi connectivity index (χ0) is 14.6. The molecule has 0 saturated heterocycles. The highest BCUT2D eigenvalue weighted by atomic mass is 16.2. The topological polar surface area (TPSA) is 41.1 Å². The number of rotatable bonds is 4. The summed E-state index contributed by atoms with van der Waals surface area (Å²) >= 11 is 0. The fraction of sp³-hybridized carbons (Fsp3) is 0.562. The summed E-state index contributed by atoms with van der Waals surface area (Å²) < 4.78 is 0. The highest BCUT2D eigenvalue weighted by molar-refractivity contribution is 5.81. The van der Waals surface area contributed by atoms with Crippen LogP contribution in [0.5, 0.6) is 0 Å². The van der Waals surface area contributed by atoms with E-state index in [4.69, 9.17) is 0 Å². The molecule has 2 unspecified atom stereocenters. The van der Waals surface area contributed by atoms with Gasteiger partial charge in [-0.3, -0.25) is 10.1 Å². The van der Waals surface area contributed by atoms with E-state index in [-0.39, 0.29) is 23.5 Å². The first-order valence-corrected chi connectivity index (χ1v) is 6.83. The van der Waals surface area contributed by atoms with Crippen molar-refractivity contribution in [2.45, 2.75) is 59.2 Å². The molecule has 0 bridgehead atoms. The Labute approximate surface area is 116 Å². The minimum atomic E-state index is -0.212. The molecular formula is C16H26N2O. The Balaban J connectivity index is 2.59. The molecule has 0 heterocycles. The van der Waals surface area contributed by atoms with Crippen LogP contribution in [-0.4, -0.2) is 17.5 Å². The summed E-state index contributed by atoms with van der Waals surface area (Å²) in [4.78, 5) is 12.0. The van der Waals surface area contributed by atoms with E-state index in [1.807, 2.05) is 27.7 Å². The van der Waals surface area contributed by atoms with Crippen molar-refractivity contribution in [1.29, 1.82) is 0 Å². The molecular weight excluding hydrogens is 236 g/mol. The summed E-state index contributed by atoms with van der Waals surface area (Å²) in [5, 5.41) is 6.31. The van der Waals surface area contributed by atoms with Gasteiger partial charge in [0.15, 0.2) is 0 Å². The second-order valence-corrected chi connectivity index (χ2v) is 6.26. The van der Waals surface area contributed by atoms with E-state index in [0.717, 1.165) is 0 Å². The van der Waals surface area contributed by atoms with Crippen LogP contribution in [0.3, 0.4) is 0 Å². The van der Waals surface area contributed by atoms with Gasteiger partial charge in [0.1, 0.15) is 0 Å². The van der Waals surface area contributed by atoms with Gasteiger partial charge in [0.05, 0.1) is 6.04 Å². The average Bonchev–Trinajstić information content (AvgIpc) is 2.27. The smallest absolute Gasteiger partial charge is 0.237 e. The van der Waals surface area contributed by atoms with Gasteiger partial charge in [-0.25, -0.2) is 0 Å². The Bertz CT molecular complexity index is 417. The van der Waals surface area contributed by atoms with Gasteiger partial charge in [-0.1, -0.05) is 29.8 Å². The van der Waals surface area contributed by atoms with Crippen LogP contribution in [0.4, 0.5) is 0 Å². The zero-order valence-electron chi connectivity index (χ0n) is 12.9. The van der Waals surface area contributed by atoms with E-state index in [1.165, 1.54) is 11.1 Å². The average molecular weight is 262 g/mol. The lowest BCUT2D eigenvalue weighted by atomic mass is 10.0. The van der Waals surface area contributed by atoms with Crippen molar-refractivity contribution in [3.05, 3.63) is 35.4 Å². The third kappa shape index (κ3) is 5.43. The van der Waals surface area contributed by atoms with E-state index in [2.05, 4.69) is 48.7 Å². The van der Waals surface area contributed by atoms with Crippen molar-refractivity contribution < 1.29 is 4.79 Å². The molecule has 106 valence electrons. The first kappa shape index (κ1) is 15.7. The number of aryl methyl sites for hydroxylation is 1. The largest absolute Gasteiger partial charge is 0.350 e. The molecule has 1 amide bonds. The summed E-state index contributed by atoms with van der Waals surface area (Å²) in [5.74, 6) is 0.0338. The number of hydrogen-bond donors (Lipinski definition) is 2. The number of benzene rings is 1. The number of hydrogen-bond acceptors (Lipinski definition) is 2. The Morgan fingerprint density at radius 2 is 1.63 bits per heavy atom. The van der Waals surface area contributed by atoms with E-state index in [1.54, 1.807) is 0 Å². The van der Waals surface area contributed by atoms with E-state index >= 15 is 0 Å². The van der Waals surface area contributed by atoms with E-state index < -0.39 is 0 Å². The minimum Gasteiger partial charge on any atom is -0.350 e. The maximum absolute atomic E-state index is 12.0. The molecule has 1 aromatic carbocycles. The molecule has 19 heavy (non-hydrogen) atoms. The lowest BCUT2D eigenvalue weighted by molar-refractivity contribution is -0.124. The summed E-state index contributed by atoms with van der Waals surface area (Å²) in [7, 11) is 0. The van der Waals surface area contributed by atoms with Crippen molar-refractivity contribution in [1.82, 2.24) is 10.6 Å². The molecule has 0 aliphatic heterocycles. The normalized spacial score (nSPS) is 14.8. The van der Waals surface area contributed by atoms with Gasteiger partial charge in [0.2, 0.25) is 5.91 Å². The van der Waals surface area contributed by atoms with Crippen LogP contribution in [0.15, 0.2) is 24.3 Å². The van der Waals surface area contributed by atoms with Gasteiger partial charge >= 0.3 is 0 Å². The van der Waals surface area contributed by atoms with Crippen LogP contribution in [0.25, 0.3) is 0 Å². The second kappa shape index (κ2) is 6.20. The number of carbonyl (C=O) groups is 1. The van der Waals surface area contributed by atoms with Crippen LogP contribution in [0, 0.1) is 6.92 Å². The molecule has 0 radical (unpaired) electrons. The predicted octanol–water partition coefficient (Wildman–Crippen LogP) is 2.95. The zero-order valence-corrected chi connectivity index (χ0v) is 12.9. The van der Waals surface area contributed by atoms with Gasteiger partial charge in [0, 0.05) is 11.6 Å². The summed E-state index contributed by atoms with van der Waals surface area (Å²) in [6, 6.07) is 8.32. The fourth-order valence-electron chi connectivity index (χ4n) is 1.88. The van der Waals surface area contributed by atoms with Crippen molar-refractivity contribution in [2.24, 2.45) is 0 Å². The van der Waals surface area contributed by atoms with Gasteiger partial charge in [0.25, 0.3) is 0 Å². The van der Waals surface area contributed by atoms with Crippen molar-refractivity contribution >= 4 is 5.91 Å². The molecule has 0 aromatic heterocycles. The molecule has 0 spiro atoms. The number of amides is 1. The Hall–Kier alpha value is -1.35. The third-order valence-electron chi connectivity index (χ3n) is 2.97. The van der Waals surface area contributed by atoms with Gasteiger partial charge in [-0.05, 0) is 47.1 Å². The standard InChI is InChI=1S/C16H26N2O/c1-11-7-9-14(10-8-11)12(2)17-13(3)15(19)18-16(4,5)6/h7-10,12-13,17H,1-6H3,(H,18,19). The maximum Gasteiger partial charge on any atom is 0.237 e. The van der Waals surface area contributed by atoms with Gasteiger partial charge < -0.3 is 5.32 Å². The summed E-state index contributed by atoms with van der Waals surface area (Å²) in [6.07, 6.45) is 0. The molecule has 2 N–H and O–H groups in total. The first-order chi connectivity index (χ1) is 8.69. The molecule has 1 rings (SSSR count). The SMILES string of the molecule is Cc1ccc(C(C)NC(C)C(=O)NC(C)(C)C)cc1. The van der Waals surface area contributed by atoms with Crippen molar-refractivity contribution in [2.75, 3.05) is 0 Å². The van der Waals surface area contributed by atoms with Crippen LogP contribution in [-0.2, 0) is 4.79 Å². The van der Waals surface area contributed by atoms with Crippen molar-refractivity contribution in [3.63, 3.8) is 0 Å². The fourth-order valence-corrected chi connectivity index (χ4v) is 1.88. The molecule has 1 aromatic rings. The van der Waals surface area contributed by atoms with E-state index in [9.17, 15) is 4.79 Å². The Kier molecular flexibility index (Phi) is 5.12. The molecule has 3 heteroatoms. The first-order valence-electron chi connectivity index (χ1n) is 6.83. The van der Waals surface area contributed by atoms with Crippen LogP contribution in [0.2, 0.25) is 0 Å². The molecule has 2 atom stereocenters. The lowest BCUT2D eigenvalue weighted by Crippen LogP contribution is -2.49. The summed E-state index contributed by atoms with van der Waals surface area (Å²) in [5.41, 5.74) is 2.25. The Morgan fingerprint density at radius 1 is 1.11 bits per heavy atom. The van der Waals surface area contributed by atoms with Gasteiger partial charge in [-0.2, -0.15) is 0 Å². The predicted molar refractivity (Wildman–Crippen MR) is 80.1 cm³/mol. The number of nitrogens with one attached hydrogen (secondary N) is 2. The van der Waals surface area contributed by atoms with Crippen LogP contribution >= 0.6 is 0 Å². The summed E-state index contributed by atoms with van der Waals surface area (Å²) in [6.45, 7) is 12.0. The maximum atomic E-state index is 12.0. The Morgan fingerprint density at radius 3 is 2.11 bits per heavy atom. The highest BCUT2D eigenvalue weighted by Crippen LogP contribution is 2.14. The molecule has 0 aliphatic carbocycles. The third-order valence-corrected chi connectivity index (χ3v) is 2.97. The number of carbonyl (C=O) groups excluding carboxylic acids is 1. The highest BCUT2D eigenvalue weighted by Gasteiger charge is 2.20. The molecule has 0 aliphatic rings. The van der Waals surface area contributed by atoms with Crippen molar-refractivity contribution in [3.8, 4) is 0 Å².